The molecule has 0 unspecified atom stereocenters. The van der Waals surface area contributed by atoms with Crippen molar-refractivity contribution in [3.05, 3.63) is 59.4 Å². The highest BCUT2D eigenvalue weighted by atomic mass is 19.1. The fourth-order valence-electron chi connectivity index (χ4n) is 2.30. The van der Waals surface area contributed by atoms with Crippen molar-refractivity contribution in [3.63, 3.8) is 0 Å². The van der Waals surface area contributed by atoms with E-state index in [1.54, 1.807) is 6.07 Å². The second kappa shape index (κ2) is 7.07. The number of aryl methyl sites for hydroxylation is 1. The van der Waals surface area contributed by atoms with Crippen molar-refractivity contribution in [2.24, 2.45) is 5.10 Å². The van der Waals surface area contributed by atoms with Crippen LogP contribution in [0.1, 0.15) is 31.4 Å². The van der Waals surface area contributed by atoms with Gasteiger partial charge in [-0.1, -0.05) is 24.6 Å². The number of nitrogens with two attached hydrogens (primary N) is 1. The molecule has 0 aliphatic carbocycles. The summed E-state index contributed by atoms with van der Waals surface area (Å²) in [7, 11) is 0. The van der Waals surface area contributed by atoms with Crippen molar-refractivity contribution < 1.29 is 4.39 Å². The first-order valence-corrected chi connectivity index (χ1v) is 7.46. The van der Waals surface area contributed by atoms with Crippen LogP contribution in [-0.4, -0.2) is 12.3 Å². The first kappa shape index (κ1) is 16.0. The molecule has 3 nitrogen and oxygen atoms in total. The van der Waals surface area contributed by atoms with Gasteiger partial charge in [0.2, 0.25) is 0 Å². The second-order valence-corrected chi connectivity index (χ2v) is 5.38. The number of hydrogen-bond acceptors (Lipinski definition) is 3. The molecule has 0 bridgehead atoms. The number of hydrogen-bond donors (Lipinski definition) is 1. The first-order valence-electron chi connectivity index (χ1n) is 7.46. The monoisotopic (exact) mass is 299 g/mol. The van der Waals surface area contributed by atoms with E-state index in [1.165, 1.54) is 12.1 Å². The van der Waals surface area contributed by atoms with E-state index in [-0.39, 0.29) is 5.82 Å². The third-order valence-corrected chi connectivity index (χ3v) is 3.41. The lowest BCUT2D eigenvalue weighted by molar-refractivity contribution is 0.626. The zero-order valence-electron chi connectivity index (χ0n) is 13.3. The smallest absolute Gasteiger partial charge is 0.125 e. The molecular weight excluding hydrogens is 277 g/mol. The molecule has 2 N–H and O–H groups in total. The molecule has 0 radical (unpaired) electrons. The Bertz CT molecular complexity index is 680. The van der Waals surface area contributed by atoms with Crippen LogP contribution in [0.2, 0.25) is 0 Å². The highest BCUT2D eigenvalue weighted by Gasteiger charge is 2.09. The predicted octanol–water partition coefficient (Wildman–Crippen LogP) is 4.36. The first-order chi connectivity index (χ1) is 10.5. The summed E-state index contributed by atoms with van der Waals surface area (Å²) < 4.78 is 13.5. The normalized spacial score (nSPS) is 11.5. The Kier molecular flexibility index (Phi) is 5.15. The molecule has 0 heterocycles. The van der Waals surface area contributed by atoms with Crippen molar-refractivity contribution in [3.8, 4) is 0 Å². The molecule has 2 aromatic carbocycles. The Morgan fingerprint density at radius 1 is 1.23 bits per heavy atom. The zero-order chi connectivity index (χ0) is 16.1. The molecule has 0 fully saturated rings. The number of anilines is 2. The van der Waals surface area contributed by atoms with Crippen molar-refractivity contribution >= 4 is 17.1 Å². The van der Waals surface area contributed by atoms with Crippen molar-refractivity contribution in [1.29, 1.82) is 0 Å². The van der Waals surface area contributed by atoms with Gasteiger partial charge in [0.15, 0.2) is 0 Å². The van der Waals surface area contributed by atoms with Gasteiger partial charge in [0.05, 0.1) is 11.4 Å². The third-order valence-electron chi connectivity index (χ3n) is 3.41. The lowest BCUT2D eigenvalue weighted by atomic mass is 10.1. The summed E-state index contributed by atoms with van der Waals surface area (Å²) in [6.07, 6.45) is 0.913. The van der Waals surface area contributed by atoms with Gasteiger partial charge in [-0.15, -0.1) is 0 Å². The van der Waals surface area contributed by atoms with E-state index in [1.807, 2.05) is 43.1 Å². The fourth-order valence-corrected chi connectivity index (χ4v) is 2.30. The van der Waals surface area contributed by atoms with Gasteiger partial charge in [-0.05, 0) is 50.6 Å². The Hall–Kier alpha value is -2.36. The van der Waals surface area contributed by atoms with Crippen LogP contribution < -0.4 is 10.7 Å². The molecule has 0 saturated carbocycles. The molecule has 4 heteroatoms. The largest absolute Gasteiger partial charge is 0.398 e. The lowest BCUT2D eigenvalue weighted by Gasteiger charge is -2.20. The van der Waals surface area contributed by atoms with E-state index < -0.39 is 0 Å². The van der Waals surface area contributed by atoms with Gasteiger partial charge in [-0.3, -0.25) is 5.01 Å². The summed E-state index contributed by atoms with van der Waals surface area (Å²) in [4.78, 5) is 0. The number of nitrogen functional groups attached to an aromatic ring is 1. The lowest BCUT2D eigenvalue weighted by Crippen LogP contribution is -2.20. The van der Waals surface area contributed by atoms with E-state index >= 15 is 0 Å². The highest BCUT2D eigenvalue weighted by Crippen LogP contribution is 2.19. The Labute approximate surface area is 131 Å². The summed E-state index contributed by atoms with van der Waals surface area (Å²) in [5.74, 6) is -0.262. The summed E-state index contributed by atoms with van der Waals surface area (Å²) in [6, 6.07) is 12.4. The molecule has 0 saturated heterocycles. The molecule has 2 aromatic rings. The molecular formula is C18H22FN3. The van der Waals surface area contributed by atoms with Gasteiger partial charge < -0.3 is 5.73 Å². The summed E-state index contributed by atoms with van der Waals surface area (Å²) in [5.41, 5.74) is 10.3. The average Bonchev–Trinajstić information content (AvgIpc) is 2.49. The number of rotatable bonds is 5. The fraction of sp³-hybridized carbons (Fsp3) is 0.278. The van der Waals surface area contributed by atoms with Gasteiger partial charge in [0.25, 0.3) is 0 Å². The van der Waals surface area contributed by atoms with Gasteiger partial charge >= 0.3 is 0 Å². The minimum atomic E-state index is -0.262. The van der Waals surface area contributed by atoms with Crippen molar-refractivity contribution in [1.82, 2.24) is 0 Å². The van der Waals surface area contributed by atoms with E-state index in [9.17, 15) is 4.39 Å². The third kappa shape index (κ3) is 3.85. The predicted molar refractivity (Wildman–Crippen MR) is 91.8 cm³/mol. The van der Waals surface area contributed by atoms with E-state index in [0.29, 0.717) is 12.2 Å². The molecule has 0 spiro atoms. The van der Waals surface area contributed by atoms with E-state index in [4.69, 9.17) is 5.73 Å². The minimum absolute atomic E-state index is 0.262. The molecule has 0 amide bonds. The Morgan fingerprint density at radius 2 is 2.00 bits per heavy atom. The number of nitrogens with zero attached hydrogens (tertiary/aromatic N) is 2. The Balaban J connectivity index is 2.38. The maximum atomic E-state index is 13.5. The molecule has 2 rings (SSSR count). The molecule has 0 aliphatic heterocycles. The van der Waals surface area contributed by atoms with Crippen LogP contribution in [0.25, 0.3) is 0 Å². The van der Waals surface area contributed by atoms with Crippen LogP contribution in [-0.2, 0) is 0 Å². The number of benzene rings is 2. The molecule has 0 atom stereocenters. The maximum Gasteiger partial charge on any atom is 0.125 e. The molecule has 116 valence electrons. The quantitative estimate of drug-likeness (QED) is 0.506. The topological polar surface area (TPSA) is 41.6 Å². The molecule has 0 aromatic heterocycles. The van der Waals surface area contributed by atoms with E-state index in [0.717, 1.165) is 28.9 Å². The van der Waals surface area contributed by atoms with Gasteiger partial charge in [0, 0.05) is 17.8 Å². The summed E-state index contributed by atoms with van der Waals surface area (Å²) in [5, 5.41) is 6.47. The standard InChI is InChI=1S/C18H22FN3/c1-4-10-22(16-7-5-6-15(19)12-16)21-14(3)17-11-13(2)8-9-18(17)20/h5-9,11-12H,4,10,20H2,1-3H3/b21-14+. The van der Waals surface area contributed by atoms with Crippen LogP contribution in [0.15, 0.2) is 47.6 Å². The van der Waals surface area contributed by atoms with Gasteiger partial charge in [-0.25, -0.2) is 4.39 Å². The maximum absolute atomic E-state index is 13.5. The van der Waals surface area contributed by atoms with Gasteiger partial charge in [0.1, 0.15) is 5.82 Å². The Morgan fingerprint density at radius 3 is 2.68 bits per heavy atom. The van der Waals surface area contributed by atoms with Crippen molar-refractivity contribution in [2.75, 3.05) is 17.3 Å². The van der Waals surface area contributed by atoms with E-state index in [2.05, 4.69) is 12.0 Å². The van der Waals surface area contributed by atoms with Gasteiger partial charge in [-0.2, -0.15) is 5.10 Å². The molecule has 22 heavy (non-hydrogen) atoms. The summed E-state index contributed by atoms with van der Waals surface area (Å²) in [6.45, 7) is 6.73. The van der Waals surface area contributed by atoms with Crippen molar-refractivity contribution in [2.45, 2.75) is 27.2 Å². The average molecular weight is 299 g/mol. The zero-order valence-corrected chi connectivity index (χ0v) is 13.3. The minimum Gasteiger partial charge on any atom is -0.398 e. The number of hydrazone groups is 1. The summed E-state index contributed by atoms with van der Waals surface area (Å²) >= 11 is 0. The second-order valence-electron chi connectivity index (χ2n) is 5.38. The van der Waals surface area contributed by atoms with Crippen LogP contribution in [0.4, 0.5) is 15.8 Å². The molecule has 0 aliphatic rings. The SMILES string of the molecule is CCCN(/N=C(\C)c1cc(C)ccc1N)c1cccc(F)c1. The van der Waals surface area contributed by atoms with Crippen LogP contribution in [0.3, 0.4) is 0 Å². The van der Waals surface area contributed by atoms with Crippen LogP contribution in [0.5, 0.6) is 0 Å². The highest BCUT2D eigenvalue weighted by molar-refractivity contribution is 6.03. The number of halogens is 1. The van der Waals surface area contributed by atoms with Crippen LogP contribution >= 0.6 is 0 Å². The van der Waals surface area contributed by atoms with Crippen LogP contribution in [0, 0.1) is 12.7 Å².